The molecule has 0 atom stereocenters. The number of anilines is 1. The molecule has 0 fully saturated rings. The average Bonchev–Trinajstić information content (AvgIpc) is 2.48. The van der Waals surface area contributed by atoms with Crippen molar-refractivity contribution in [2.45, 2.75) is 11.2 Å². The molecule has 2 aromatic rings. The van der Waals surface area contributed by atoms with Crippen LogP contribution in [-0.2, 0) is 6.18 Å². The topological polar surface area (TPSA) is 42.0 Å². The van der Waals surface area contributed by atoms with E-state index in [4.69, 9.17) is 11.6 Å². The Bertz CT molecular complexity index is 707. The number of benzene rings is 1. The van der Waals surface area contributed by atoms with Crippen LogP contribution in [0.25, 0.3) is 0 Å². The van der Waals surface area contributed by atoms with Gasteiger partial charge in [-0.15, -0.1) is 11.8 Å². The second-order valence-corrected chi connectivity index (χ2v) is 5.41. The Labute approximate surface area is 133 Å². The Morgan fingerprint density at radius 2 is 2.05 bits per heavy atom. The summed E-state index contributed by atoms with van der Waals surface area (Å²) >= 11 is 6.81. The third-order valence-electron chi connectivity index (χ3n) is 2.74. The van der Waals surface area contributed by atoms with Crippen molar-refractivity contribution in [1.82, 2.24) is 4.98 Å². The number of amides is 1. The van der Waals surface area contributed by atoms with Crippen LogP contribution in [0.5, 0.6) is 0 Å². The molecule has 1 amide bonds. The van der Waals surface area contributed by atoms with Crippen LogP contribution in [0.3, 0.4) is 0 Å². The fraction of sp³-hybridized carbons (Fsp3) is 0.143. The van der Waals surface area contributed by atoms with Crippen LogP contribution in [0.15, 0.2) is 41.6 Å². The van der Waals surface area contributed by atoms with E-state index in [1.807, 2.05) is 0 Å². The Hall–Kier alpha value is -1.73. The molecule has 0 unspecified atom stereocenters. The van der Waals surface area contributed by atoms with Gasteiger partial charge in [-0.05, 0) is 36.6 Å². The molecule has 0 spiro atoms. The summed E-state index contributed by atoms with van der Waals surface area (Å²) in [7, 11) is 0. The number of rotatable bonds is 3. The maximum absolute atomic E-state index is 12.8. The van der Waals surface area contributed by atoms with Crippen LogP contribution in [0.2, 0.25) is 5.02 Å². The summed E-state index contributed by atoms with van der Waals surface area (Å²) in [6, 6.07) is 6.34. The molecule has 0 aliphatic heterocycles. The van der Waals surface area contributed by atoms with Gasteiger partial charge in [0.05, 0.1) is 16.1 Å². The van der Waals surface area contributed by atoms with Gasteiger partial charge in [-0.25, -0.2) is 4.98 Å². The first-order valence-electron chi connectivity index (χ1n) is 6.00. The van der Waals surface area contributed by atoms with E-state index in [2.05, 4.69) is 10.3 Å². The van der Waals surface area contributed by atoms with E-state index in [1.165, 1.54) is 24.0 Å². The molecular weight excluding hydrogens is 337 g/mol. The summed E-state index contributed by atoms with van der Waals surface area (Å²) in [5, 5.41) is 2.49. The lowest BCUT2D eigenvalue weighted by Gasteiger charge is -2.12. The van der Waals surface area contributed by atoms with Crippen molar-refractivity contribution in [3.8, 4) is 0 Å². The number of alkyl halides is 3. The first-order chi connectivity index (χ1) is 10.3. The molecule has 1 aromatic heterocycles. The van der Waals surface area contributed by atoms with Crippen LogP contribution in [0.4, 0.5) is 18.9 Å². The minimum atomic E-state index is -4.59. The molecule has 3 nitrogen and oxygen atoms in total. The molecule has 0 saturated heterocycles. The van der Waals surface area contributed by atoms with E-state index < -0.39 is 22.7 Å². The van der Waals surface area contributed by atoms with Crippen molar-refractivity contribution in [1.29, 1.82) is 0 Å². The van der Waals surface area contributed by atoms with Gasteiger partial charge in [0.25, 0.3) is 5.91 Å². The number of halogens is 4. The molecule has 1 aromatic carbocycles. The van der Waals surface area contributed by atoms with E-state index in [9.17, 15) is 18.0 Å². The van der Waals surface area contributed by atoms with Crippen LogP contribution < -0.4 is 5.32 Å². The van der Waals surface area contributed by atoms with E-state index in [0.29, 0.717) is 10.6 Å². The maximum Gasteiger partial charge on any atom is 0.417 e. The summed E-state index contributed by atoms with van der Waals surface area (Å²) in [4.78, 5) is 16.2. The monoisotopic (exact) mass is 346 g/mol. The number of aromatic nitrogens is 1. The van der Waals surface area contributed by atoms with Gasteiger partial charge in [0.15, 0.2) is 0 Å². The number of hydrogen-bond acceptors (Lipinski definition) is 3. The van der Waals surface area contributed by atoms with Crippen LogP contribution >= 0.6 is 23.4 Å². The average molecular weight is 347 g/mol. The van der Waals surface area contributed by atoms with Gasteiger partial charge in [0, 0.05) is 11.9 Å². The first-order valence-corrected chi connectivity index (χ1v) is 7.60. The van der Waals surface area contributed by atoms with Crippen LogP contribution in [-0.4, -0.2) is 17.1 Å². The molecule has 0 aliphatic carbocycles. The van der Waals surface area contributed by atoms with Gasteiger partial charge in [-0.1, -0.05) is 11.6 Å². The molecule has 0 bridgehead atoms. The van der Waals surface area contributed by atoms with Gasteiger partial charge in [0.2, 0.25) is 0 Å². The summed E-state index contributed by atoms with van der Waals surface area (Å²) in [6.45, 7) is 0. The van der Waals surface area contributed by atoms with Crippen LogP contribution in [0, 0.1) is 0 Å². The molecule has 1 heterocycles. The molecule has 0 aliphatic rings. The highest BCUT2D eigenvalue weighted by Gasteiger charge is 2.33. The predicted molar refractivity (Wildman–Crippen MR) is 80.4 cm³/mol. The maximum atomic E-state index is 12.8. The fourth-order valence-corrected chi connectivity index (χ4v) is 2.52. The zero-order valence-corrected chi connectivity index (χ0v) is 12.8. The molecule has 2 rings (SSSR count). The minimum Gasteiger partial charge on any atom is -0.322 e. The number of thioether (sulfide) groups is 1. The number of carbonyl (C=O) groups excluding carboxylic acids is 1. The van der Waals surface area contributed by atoms with Crippen molar-refractivity contribution >= 4 is 35.0 Å². The first kappa shape index (κ1) is 16.6. The van der Waals surface area contributed by atoms with E-state index in [-0.39, 0.29) is 5.69 Å². The minimum absolute atomic E-state index is 0.0117. The SMILES string of the molecule is CSc1ncccc1C(=O)Nc1ccc(Cl)c(C(F)(F)F)c1. The van der Waals surface area contributed by atoms with E-state index in [0.717, 1.165) is 12.1 Å². The van der Waals surface area contributed by atoms with E-state index in [1.54, 1.807) is 18.4 Å². The number of hydrogen-bond donors (Lipinski definition) is 1. The number of nitrogens with one attached hydrogen (secondary N) is 1. The van der Waals surface area contributed by atoms with Crippen molar-refractivity contribution in [3.05, 3.63) is 52.7 Å². The highest BCUT2D eigenvalue weighted by Crippen LogP contribution is 2.36. The van der Waals surface area contributed by atoms with Crippen molar-refractivity contribution in [3.63, 3.8) is 0 Å². The van der Waals surface area contributed by atoms with Gasteiger partial charge < -0.3 is 5.32 Å². The predicted octanol–water partition coefficient (Wildman–Crippen LogP) is 4.73. The number of nitrogens with zero attached hydrogens (tertiary/aromatic N) is 1. The lowest BCUT2D eigenvalue weighted by molar-refractivity contribution is -0.137. The summed E-state index contributed by atoms with van der Waals surface area (Å²) in [6.07, 6.45) is -1.30. The normalized spacial score (nSPS) is 11.3. The molecule has 0 saturated carbocycles. The van der Waals surface area contributed by atoms with Crippen molar-refractivity contribution in [2.75, 3.05) is 11.6 Å². The third kappa shape index (κ3) is 3.72. The highest BCUT2D eigenvalue weighted by molar-refractivity contribution is 7.98. The van der Waals surface area contributed by atoms with E-state index >= 15 is 0 Å². The molecule has 116 valence electrons. The fourth-order valence-electron chi connectivity index (χ4n) is 1.74. The second-order valence-electron chi connectivity index (χ2n) is 4.21. The number of carbonyl (C=O) groups is 1. The largest absolute Gasteiger partial charge is 0.417 e. The summed E-state index contributed by atoms with van der Waals surface area (Å²) in [5.41, 5.74) is -0.695. The molecule has 0 radical (unpaired) electrons. The standard InChI is InChI=1S/C14H10ClF3N2OS/c1-22-13-9(3-2-6-19-13)12(21)20-8-4-5-11(15)10(7-8)14(16,17)18/h2-7H,1H3,(H,20,21). The lowest BCUT2D eigenvalue weighted by Crippen LogP contribution is -2.14. The molecular formula is C14H10ClF3N2OS. The third-order valence-corrected chi connectivity index (χ3v) is 3.78. The molecule has 1 N–H and O–H groups in total. The molecule has 22 heavy (non-hydrogen) atoms. The van der Waals surface area contributed by atoms with Gasteiger partial charge in [0.1, 0.15) is 5.03 Å². The smallest absolute Gasteiger partial charge is 0.322 e. The lowest BCUT2D eigenvalue weighted by atomic mass is 10.2. The molecule has 8 heteroatoms. The highest BCUT2D eigenvalue weighted by atomic mass is 35.5. The zero-order chi connectivity index (χ0) is 16.3. The van der Waals surface area contributed by atoms with Crippen molar-refractivity contribution < 1.29 is 18.0 Å². The Morgan fingerprint density at radius 3 is 2.68 bits per heavy atom. The second kappa shape index (κ2) is 6.58. The number of pyridine rings is 1. The zero-order valence-electron chi connectivity index (χ0n) is 11.2. The van der Waals surface area contributed by atoms with Crippen molar-refractivity contribution in [2.24, 2.45) is 0 Å². The Kier molecular flexibility index (Phi) is 4.97. The van der Waals surface area contributed by atoms with Gasteiger partial charge in [-0.2, -0.15) is 13.2 Å². The summed E-state index contributed by atoms with van der Waals surface area (Å²) in [5.74, 6) is -0.534. The summed E-state index contributed by atoms with van der Waals surface area (Å²) < 4.78 is 38.4. The Morgan fingerprint density at radius 1 is 1.32 bits per heavy atom. The van der Waals surface area contributed by atoms with Crippen LogP contribution in [0.1, 0.15) is 15.9 Å². The van der Waals surface area contributed by atoms with Gasteiger partial charge >= 0.3 is 6.18 Å². The Balaban J connectivity index is 2.29. The van der Waals surface area contributed by atoms with Gasteiger partial charge in [-0.3, -0.25) is 4.79 Å². The quantitative estimate of drug-likeness (QED) is 0.817.